The van der Waals surface area contributed by atoms with E-state index < -0.39 is 21.7 Å². The normalized spacial score (nSPS) is 12.0. The summed E-state index contributed by atoms with van der Waals surface area (Å²) < 4.78 is 16.2. The molecule has 2 aromatic rings. The summed E-state index contributed by atoms with van der Waals surface area (Å²) >= 11 is 23.0. The highest BCUT2D eigenvalue weighted by Gasteiger charge is 2.34. The minimum absolute atomic E-state index is 0.121. The lowest BCUT2D eigenvalue weighted by Gasteiger charge is -2.27. The lowest BCUT2D eigenvalue weighted by molar-refractivity contribution is 0.0934. The summed E-state index contributed by atoms with van der Waals surface area (Å²) in [5.74, 6) is -0.344. The summed E-state index contributed by atoms with van der Waals surface area (Å²) in [5, 5.41) is 8.27. The van der Waals surface area contributed by atoms with Gasteiger partial charge in [0.05, 0.1) is 7.11 Å². The van der Waals surface area contributed by atoms with Gasteiger partial charge in [-0.3, -0.25) is 4.79 Å². The molecule has 0 aliphatic carbocycles. The summed E-state index contributed by atoms with van der Waals surface area (Å²) in [5.41, 5.74) is 0.868. The highest BCUT2D eigenvalue weighted by atomic mass is 35.6. The minimum Gasteiger partial charge on any atom is -0.497 e. The van der Waals surface area contributed by atoms with Gasteiger partial charge in [0, 0.05) is 11.3 Å². The molecule has 27 heavy (non-hydrogen) atoms. The maximum absolute atomic E-state index is 13.0. The standard InChI is InChI=1S/C17H15Cl3FN3O2S/c1-26-13-8-6-12(7-9-13)22-16(27)24-15(17(18,19)20)23-14(25)10-2-4-11(21)5-3-10/h2-9,15H,1H3,(H,23,25)(H2,22,24,27)/t15-/m1/s1. The molecule has 2 aromatic carbocycles. The third kappa shape index (κ3) is 6.70. The molecule has 0 saturated heterocycles. The number of nitrogens with one attached hydrogen (secondary N) is 3. The Hall–Kier alpha value is -1.80. The van der Waals surface area contributed by atoms with Crippen molar-refractivity contribution in [2.45, 2.75) is 9.96 Å². The lowest BCUT2D eigenvalue weighted by Crippen LogP contribution is -2.56. The first-order chi connectivity index (χ1) is 12.7. The number of alkyl halides is 3. The number of hydrogen-bond donors (Lipinski definition) is 3. The van der Waals surface area contributed by atoms with Gasteiger partial charge in [-0.15, -0.1) is 0 Å². The summed E-state index contributed by atoms with van der Waals surface area (Å²) in [4.78, 5) is 12.3. The van der Waals surface area contributed by atoms with E-state index in [2.05, 4.69) is 16.0 Å². The number of halogens is 4. The van der Waals surface area contributed by atoms with Gasteiger partial charge in [0.2, 0.25) is 3.79 Å². The van der Waals surface area contributed by atoms with Gasteiger partial charge in [0.15, 0.2) is 5.11 Å². The van der Waals surface area contributed by atoms with Gasteiger partial charge in [-0.05, 0) is 60.7 Å². The van der Waals surface area contributed by atoms with Crippen LogP contribution in [0.3, 0.4) is 0 Å². The van der Waals surface area contributed by atoms with Gasteiger partial charge < -0.3 is 20.7 Å². The highest BCUT2D eigenvalue weighted by molar-refractivity contribution is 7.80. The van der Waals surface area contributed by atoms with Crippen LogP contribution < -0.4 is 20.7 Å². The minimum atomic E-state index is -1.90. The van der Waals surface area contributed by atoms with Crippen LogP contribution >= 0.6 is 47.0 Å². The molecule has 1 amide bonds. The zero-order valence-corrected chi connectivity index (χ0v) is 17.0. The molecule has 1 atom stereocenters. The van der Waals surface area contributed by atoms with Crippen molar-refractivity contribution in [2.75, 3.05) is 12.4 Å². The van der Waals surface area contributed by atoms with Crippen molar-refractivity contribution < 1.29 is 13.9 Å². The molecule has 0 fully saturated rings. The fourth-order valence-electron chi connectivity index (χ4n) is 1.99. The fraction of sp³-hybridized carbons (Fsp3) is 0.176. The number of benzene rings is 2. The van der Waals surface area contributed by atoms with Crippen LogP contribution in [0.25, 0.3) is 0 Å². The summed E-state index contributed by atoms with van der Waals surface area (Å²) in [6.45, 7) is 0. The zero-order chi connectivity index (χ0) is 20.0. The SMILES string of the molecule is COc1ccc(NC(=S)N[C@@H](NC(=O)c2ccc(F)cc2)C(Cl)(Cl)Cl)cc1. The second-order valence-corrected chi connectivity index (χ2v) is 8.06. The topological polar surface area (TPSA) is 62.4 Å². The van der Waals surface area contributed by atoms with Crippen LogP contribution in [0.1, 0.15) is 10.4 Å². The molecular formula is C17H15Cl3FN3O2S. The number of anilines is 1. The van der Waals surface area contributed by atoms with Gasteiger partial charge in [-0.1, -0.05) is 34.8 Å². The number of amides is 1. The lowest BCUT2D eigenvalue weighted by atomic mass is 10.2. The number of carbonyl (C=O) groups is 1. The Morgan fingerprint density at radius 3 is 2.19 bits per heavy atom. The first-order valence-electron chi connectivity index (χ1n) is 7.54. The van der Waals surface area contributed by atoms with Crippen LogP contribution in [-0.4, -0.2) is 28.1 Å². The van der Waals surface area contributed by atoms with Crippen molar-refractivity contribution in [1.29, 1.82) is 0 Å². The van der Waals surface area contributed by atoms with Crippen LogP contribution in [0.5, 0.6) is 5.75 Å². The first kappa shape index (κ1) is 21.5. The average Bonchev–Trinajstić information content (AvgIpc) is 2.61. The van der Waals surface area contributed by atoms with Gasteiger partial charge >= 0.3 is 0 Å². The Kier molecular flexibility index (Phi) is 7.49. The van der Waals surface area contributed by atoms with Gasteiger partial charge in [-0.2, -0.15) is 0 Å². The number of carbonyl (C=O) groups excluding carboxylic acids is 1. The van der Waals surface area contributed by atoms with Gasteiger partial charge in [0.1, 0.15) is 17.7 Å². The number of methoxy groups -OCH3 is 1. The van der Waals surface area contributed by atoms with E-state index >= 15 is 0 Å². The monoisotopic (exact) mass is 449 g/mol. The Morgan fingerprint density at radius 2 is 1.67 bits per heavy atom. The number of thiocarbonyl (C=S) groups is 1. The van der Waals surface area contributed by atoms with Crippen molar-refractivity contribution in [3.8, 4) is 5.75 Å². The van der Waals surface area contributed by atoms with E-state index in [-0.39, 0.29) is 10.7 Å². The van der Waals surface area contributed by atoms with E-state index in [9.17, 15) is 9.18 Å². The molecule has 0 aliphatic heterocycles. The van der Waals surface area contributed by atoms with Crippen LogP contribution in [-0.2, 0) is 0 Å². The molecule has 0 spiro atoms. The Morgan fingerprint density at radius 1 is 1.07 bits per heavy atom. The third-order valence-corrected chi connectivity index (χ3v) is 4.21. The molecule has 5 nitrogen and oxygen atoms in total. The molecule has 0 unspecified atom stereocenters. The Labute approximate surface area is 176 Å². The predicted molar refractivity (Wildman–Crippen MR) is 110 cm³/mol. The largest absolute Gasteiger partial charge is 0.497 e. The summed E-state index contributed by atoms with van der Waals surface area (Å²) in [6.07, 6.45) is -1.14. The number of ether oxygens (including phenoxy) is 1. The molecule has 0 aromatic heterocycles. The molecule has 0 saturated carbocycles. The van der Waals surface area contributed by atoms with E-state index in [1.54, 1.807) is 31.4 Å². The van der Waals surface area contributed by atoms with E-state index in [1.165, 1.54) is 12.1 Å². The zero-order valence-electron chi connectivity index (χ0n) is 13.9. The van der Waals surface area contributed by atoms with E-state index in [4.69, 9.17) is 51.8 Å². The van der Waals surface area contributed by atoms with Crippen LogP contribution in [0, 0.1) is 5.82 Å². The number of rotatable bonds is 5. The van der Waals surface area contributed by atoms with Crippen LogP contribution in [0.2, 0.25) is 0 Å². The van der Waals surface area contributed by atoms with E-state index in [0.717, 1.165) is 12.1 Å². The first-order valence-corrected chi connectivity index (χ1v) is 9.08. The smallest absolute Gasteiger partial charge is 0.252 e. The van der Waals surface area contributed by atoms with Crippen molar-refractivity contribution in [2.24, 2.45) is 0 Å². The Bertz CT molecular complexity index is 799. The highest BCUT2D eigenvalue weighted by Crippen LogP contribution is 2.29. The average molecular weight is 451 g/mol. The maximum atomic E-state index is 13.0. The second kappa shape index (κ2) is 9.41. The van der Waals surface area contributed by atoms with Gasteiger partial charge in [0.25, 0.3) is 5.91 Å². The molecule has 10 heteroatoms. The maximum Gasteiger partial charge on any atom is 0.252 e. The molecule has 0 heterocycles. The third-order valence-electron chi connectivity index (χ3n) is 3.33. The van der Waals surface area contributed by atoms with Crippen LogP contribution in [0.15, 0.2) is 48.5 Å². The van der Waals surface area contributed by atoms with Crippen molar-refractivity contribution >= 4 is 63.7 Å². The molecule has 0 radical (unpaired) electrons. The Balaban J connectivity index is 2.03. The van der Waals surface area contributed by atoms with Crippen molar-refractivity contribution in [3.63, 3.8) is 0 Å². The fourth-order valence-corrected chi connectivity index (χ4v) is 2.55. The molecule has 2 rings (SSSR count). The van der Waals surface area contributed by atoms with Crippen LogP contribution in [0.4, 0.5) is 10.1 Å². The van der Waals surface area contributed by atoms with Gasteiger partial charge in [-0.25, -0.2) is 4.39 Å². The molecule has 0 bridgehead atoms. The number of hydrogen-bond acceptors (Lipinski definition) is 3. The molecule has 144 valence electrons. The summed E-state index contributed by atoms with van der Waals surface area (Å²) in [6, 6.07) is 11.9. The summed E-state index contributed by atoms with van der Waals surface area (Å²) in [7, 11) is 1.56. The van der Waals surface area contributed by atoms with E-state index in [0.29, 0.717) is 11.4 Å². The molecular weight excluding hydrogens is 436 g/mol. The second-order valence-electron chi connectivity index (χ2n) is 5.28. The molecule has 3 N–H and O–H groups in total. The predicted octanol–water partition coefficient (Wildman–Crippen LogP) is 4.25. The molecule has 0 aliphatic rings. The van der Waals surface area contributed by atoms with Crippen molar-refractivity contribution in [1.82, 2.24) is 10.6 Å². The van der Waals surface area contributed by atoms with Crippen molar-refractivity contribution in [3.05, 3.63) is 59.9 Å². The van der Waals surface area contributed by atoms with E-state index in [1.807, 2.05) is 0 Å². The quantitative estimate of drug-likeness (QED) is 0.361.